The molecule has 0 saturated carbocycles. The van der Waals surface area contributed by atoms with Crippen molar-refractivity contribution in [2.75, 3.05) is 0 Å². The summed E-state index contributed by atoms with van der Waals surface area (Å²) >= 11 is -1.32. The molecule has 0 aromatic heterocycles. The quantitative estimate of drug-likeness (QED) is 0.433. The second-order valence-corrected chi connectivity index (χ2v) is 14.2. The number of allylic oxidation sites excluding steroid dienone is 2. The average Bonchev–Trinajstić information content (AvgIpc) is 2.96. The molecule has 1 aromatic carbocycles. The molecule has 2 aliphatic carbocycles. The van der Waals surface area contributed by atoms with E-state index < -0.39 is 33.3 Å². The molecule has 0 fully saturated rings. The van der Waals surface area contributed by atoms with Crippen molar-refractivity contribution in [1.82, 2.24) is 5.48 Å². The van der Waals surface area contributed by atoms with E-state index in [4.69, 9.17) is 5.21 Å². The SMILES string of the molecule is CC(C)[C@@H]([As]S(=O)(=O)c1ccc2c(c1)CC1=C2CCCC1)C(=O)NO. The third kappa shape index (κ3) is 3.71. The second kappa shape index (κ2) is 7.26. The minimum absolute atomic E-state index is 0.148. The van der Waals surface area contributed by atoms with Crippen LogP contribution in [0.1, 0.15) is 50.7 Å². The minimum atomic E-state index is -3.51. The third-order valence-electron chi connectivity index (χ3n) is 4.95. The van der Waals surface area contributed by atoms with Gasteiger partial charge in [-0.05, 0) is 0 Å². The van der Waals surface area contributed by atoms with Gasteiger partial charge in [0.2, 0.25) is 0 Å². The summed E-state index contributed by atoms with van der Waals surface area (Å²) in [7, 11) is -3.51. The maximum absolute atomic E-state index is 12.8. The van der Waals surface area contributed by atoms with Crippen molar-refractivity contribution in [2.24, 2.45) is 5.92 Å². The molecule has 2 aliphatic rings. The van der Waals surface area contributed by atoms with E-state index in [0.29, 0.717) is 4.90 Å². The summed E-state index contributed by atoms with van der Waals surface area (Å²) in [4.78, 5) is 12.1. The van der Waals surface area contributed by atoms with Crippen molar-refractivity contribution in [1.29, 1.82) is 0 Å². The van der Waals surface area contributed by atoms with Gasteiger partial charge in [-0.1, -0.05) is 0 Å². The van der Waals surface area contributed by atoms with Crippen molar-refractivity contribution in [3.05, 3.63) is 34.9 Å². The Morgan fingerprint density at radius 2 is 1.96 bits per heavy atom. The van der Waals surface area contributed by atoms with Gasteiger partial charge in [-0.3, -0.25) is 0 Å². The number of rotatable bonds is 5. The first-order chi connectivity index (χ1) is 11.8. The molecule has 2 N–H and O–H groups in total. The summed E-state index contributed by atoms with van der Waals surface area (Å²) < 4.78 is 25.0. The van der Waals surface area contributed by atoms with Crippen LogP contribution in [-0.2, 0) is 19.3 Å². The van der Waals surface area contributed by atoms with Crippen LogP contribution >= 0.6 is 0 Å². The Labute approximate surface area is 154 Å². The van der Waals surface area contributed by atoms with Gasteiger partial charge in [-0.2, -0.15) is 0 Å². The molecule has 1 aromatic rings. The van der Waals surface area contributed by atoms with Gasteiger partial charge >= 0.3 is 154 Å². The number of amides is 1. The molecule has 0 unspecified atom stereocenters. The van der Waals surface area contributed by atoms with E-state index in [1.807, 2.05) is 6.07 Å². The molecule has 0 heterocycles. The fourth-order valence-corrected chi connectivity index (χ4v) is 10.5. The van der Waals surface area contributed by atoms with Crippen molar-refractivity contribution < 1.29 is 18.4 Å². The van der Waals surface area contributed by atoms with Gasteiger partial charge in [0.1, 0.15) is 0 Å². The van der Waals surface area contributed by atoms with E-state index in [1.54, 1.807) is 31.5 Å². The molecular formula is C18H23AsNO4S. The van der Waals surface area contributed by atoms with Gasteiger partial charge in [-0.25, -0.2) is 0 Å². The Bertz CT molecular complexity index is 829. The van der Waals surface area contributed by atoms with E-state index in [-0.39, 0.29) is 5.92 Å². The predicted molar refractivity (Wildman–Crippen MR) is 97.0 cm³/mol. The van der Waals surface area contributed by atoms with Gasteiger partial charge in [-0.15, -0.1) is 0 Å². The monoisotopic (exact) mass is 424 g/mol. The molecule has 0 bridgehead atoms. The molecule has 135 valence electrons. The standard InChI is InChI=1S/C18H23AsNO4S/c1-11(2)17(18(21)20-22)19-25(23,24)14-7-8-16-13(10-14)9-12-5-3-4-6-15(12)16/h7-8,10-11,17,22H,3-6,9H2,1-2H3,(H,20,21)/t17-/m1/s1. The molecule has 0 saturated heterocycles. The van der Waals surface area contributed by atoms with Gasteiger partial charge in [0.05, 0.1) is 0 Å². The van der Waals surface area contributed by atoms with Crippen LogP contribution in [0.3, 0.4) is 0 Å². The van der Waals surface area contributed by atoms with Crippen molar-refractivity contribution >= 4 is 34.2 Å². The number of hydrogen-bond acceptors (Lipinski definition) is 4. The fraction of sp³-hybridized carbons (Fsp3) is 0.500. The van der Waals surface area contributed by atoms with Crippen LogP contribution in [0, 0.1) is 5.92 Å². The molecular weight excluding hydrogens is 401 g/mol. The van der Waals surface area contributed by atoms with Gasteiger partial charge < -0.3 is 0 Å². The summed E-state index contributed by atoms with van der Waals surface area (Å²) in [6.45, 7) is 3.59. The summed E-state index contributed by atoms with van der Waals surface area (Å²) in [6.07, 6.45) is 5.48. The van der Waals surface area contributed by atoms with Crippen molar-refractivity contribution in [2.45, 2.75) is 55.6 Å². The third-order valence-corrected chi connectivity index (χ3v) is 12.5. The first-order valence-electron chi connectivity index (χ1n) is 8.58. The topological polar surface area (TPSA) is 83.5 Å². The Morgan fingerprint density at radius 3 is 2.64 bits per heavy atom. The summed E-state index contributed by atoms with van der Waals surface area (Å²) in [5.74, 6) is -0.762. The molecule has 25 heavy (non-hydrogen) atoms. The Hall–Kier alpha value is -1.10. The number of hydroxylamine groups is 1. The van der Waals surface area contributed by atoms with Crippen molar-refractivity contribution in [3.63, 3.8) is 0 Å². The van der Waals surface area contributed by atoms with E-state index >= 15 is 0 Å². The maximum atomic E-state index is 12.8. The molecule has 1 atom stereocenters. The summed E-state index contributed by atoms with van der Waals surface area (Å²) in [5.41, 5.74) is 6.79. The first-order valence-corrected chi connectivity index (χ1v) is 13.4. The number of nitrogens with one attached hydrogen (secondary N) is 1. The molecule has 5 nitrogen and oxygen atoms in total. The van der Waals surface area contributed by atoms with Crippen LogP contribution in [-0.4, -0.2) is 34.1 Å². The fourth-order valence-electron chi connectivity index (χ4n) is 3.64. The van der Waals surface area contributed by atoms with Crippen LogP contribution in [0.25, 0.3) is 5.57 Å². The van der Waals surface area contributed by atoms with Gasteiger partial charge in [0.25, 0.3) is 0 Å². The Morgan fingerprint density at radius 1 is 1.24 bits per heavy atom. The molecule has 0 spiro atoms. The van der Waals surface area contributed by atoms with Crippen molar-refractivity contribution in [3.8, 4) is 0 Å². The Kier molecular flexibility index (Phi) is 5.42. The number of benzene rings is 1. The molecule has 0 aliphatic heterocycles. The van der Waals surface area contributed by atoms with Crippen LogP contribution < -0.4 is 5.48 Å². The van der Waals surface area contributed by atoms with E-state index in [2.05, 4.69) is 0 Å². The number of carbonyl (C=O) groups is 1. The number of carbonyl (C=O) groups excluding carboxylic acids is 1. The zero-order valence-electron chi connectivity index (χ0n) is 14.4. The molecule has 1 amide bonds. The zero-order valence-corrected chi connectivity index (χ0v) is 17.1. The van der Waals surface area contributed by atoms with Gasteiger partial charge in [0, 0.05) is 0 Å². The average molecular weight is 424 g/mol. The Balaban J connectivity index is 1.87. The molecule has 7 heteroatoms. The van der Waals surface area contributed by atoms with Gasteiger partial charge in [0.15, 0.2) is 0 Å². The van der Waals surface area contributed by atoms with Crippen LogP contribution in [0.5, 0.6) is 0 Å². The second-order valence-electron chi connectivity index (χ2n) is 7.03. The van der Waals surface area contributed by atoms with E-state index in [9.17, 15) is 13.2 Å². The zero-order chi connectivity index (χ0) is 18.2. The number of hydrogen-bond donors (Lipinski definition) is 2. The molecule has 1 radical (unpaired) electrons. The van der Waals surface area contributed by atoms with E-state index in [1.165, 1.54) is 29.6 Å². The first kappa shape index (κ1) is 18.7. The molecule has 3 rings (SSSR count). The van der Waals surface area contributed by atoms with Crippen LogP contribution in [0.2, 0.25) is 4.71 Å². The number of fused-ring (bicyclic) bond motifs is 2. The van der Waals surface area contributed by atoms with E-state index in [0.717, 1.165) is 24.8 Å². The van der Waals surface area contributed by atoms with Crippen LogP contribution in [0.15, 0.2) is 28.7 Å². The summed E-state index contributed by atoms with van der Waals surface area (Å²) in [5, 5.41) is 8.88. The predicted octanol–water partition coefficient (Wildman–Crippen LogP) is 2.91. The van der Waals surface area contributed by atoms with Crippen LogP contribution in [0.4, 0.5) is 0 Å². The summed E-state index contributed by atoms with van der Waals surface area (Å²) in [6, 6.07) is 5.42. The normalized spacial score (nSPS) is 18.6.